The summed E-state index contributed by atoms with van der Waals surface area (Å²) in [5, 5.41) is 7.96. The van der Waals surface area contributed by atoms with Gasteiger partial charge in [0.1, 0.15) is 23.0 Å². The Morgan fingerprint density at radius 2 is 1.13 bits per heavy atom. The molecule has 0 saturated carbocycles. The van der Waals surface area contributed by atoms with E-state index in [1.54, 1.807) is 51.8 Å². The van der Waals surface area contributed by atoms with E-state index in [0.29, 0.717) is 53.3 Å². The van der Waals surface area contributed by atoms with Crippen molar-refractivity contribution >= 4 is 50.6 Å². The van der Waals surface area contributed by atoms with Crippen molar-refractivity contribution in [2.75, 3.05) is 49.7 Å². The van der Waals surface area contributed by atoms with Gasteiger partial charge < -0.3 is 44.8 Å². The molecule has 2 amide bonds. The molecule has 13 heteroatoms. The predicted octanol–water partition coefficient (Wildman–Crippen LogP) is 10.8. The monoisotopic (exact) mass is 828 g/mol. The van der Waals surface area contributed by atoms with E-state index < -0.39 is 0 Å². The third-order valence-corrected chi connectivity index (χ3v) is 10.2. The molecule has 0 radical (unpaired) electrons. The molecule has 2 aromatic heterocycles. The van der Waals surface area contributed by atoms with E-state index >= 15 is 0 Å². The maximum atomic E-state index is 12.5. The van der Waals surface area contributed by atoms with Crippen molar-refractivity contribution in [1.29, 1.82) is 0 Å². The quantitative estimate of drug-likeness (QED) is 0.101. The molecule has 1 aliphatic heterocycles. The molecule has 0 unspecified atom stereocenters. The van der Waals surface area contributed by atoms with Gasteiger partial charge in [0.15, 0.2) is 23.0 Å². The second kappa shape index (κ2) is 18.4. The van der Waals surface area contributed by atoms with Crippen molar-refractivity contribution in [3.05, 3.63) is 157 Å². The standard InChI is InChI=1S/C25H21N3O4.C24H23N3O3/c1-30-23-13-19-21(14-24(23)31-2)26-12-11-22(19)32-18-9-7-17(8-10-18)28-15-16-5-3-4-6-20(16)27-25(28)29;1-28-23-13-19-21(14-24(23)29-2)26-12-11-22(19)30-18-9-7-17(8-10-18)27-15-16-5-3-4-6-20(16)25/h3-14H,15H2,1-2H3,(H,27,29);3-14,27H,15,25H2,1-2H3. The molecular weight excluding hydrogens is 785 g/mol. The molecule has 13 nitrogen and oxygen atoms in total. The minimum atomic E-state index is -0.154. The van der Waals surface area contributed by atoms with E-state index in [9.17, 15) is 4.79 Å². The van der Waals surface area contributed by atoms with Crippen LogP contribution in [0.15, 0.2) is 146 Å². The van der Waals surface area contributed by atoms with Crippen LogP contribution in [0.5, 0.6) is 46.0 Å². The summed E-state index contributed by atoms with van der Waals surface area (Å²) >= 11 is 0. The predicted molar refractivity (Wildman–Crippen MR) is 243 cm³/mol. The molecule has 0 spiro atoms. The van der Waals surface area contributed by atoms with E-state index in [-0.39, 0.29) is 6.03 Å². The number of carbonyl (C=O) groups is 1. The van der Waals surface area contributed by atoms with Gasteiger partial charge in [0.2, 0.25) is 0 Å². The average molecular weight is 829 g/mol. The Bertz CT molecular complexity index is 2850. The van der Waals surface area contributed by atoms with Crippen LogP contribution < -0.4 is 49.7 Å². The zero-order valence-corrected chi connectivity index (χ0v) is 34.5. The molecule has 3 heterocycles. The lowest BCUT2D eigenvalue weighted by Gasteiger charge is -2.29. The van der Waals surface area contributed by atoms with Crippen molar-refractivity contribution in [3.8, 4) is 46.0 Å². The normalized spacial score (nSPS) is 11.7. The smallest absolute Gasteiger partial charge is 0.326 e. The first-order valence-electron chi connectivity index (χ1n) is 19.6. The number of ether oxygens (including phenoxy) is 6. The number of hydrogen-bond acceptors (Lipinski definition) is 11. The van der Waals surface area contributed by atoms with Gasteiger partial charge in [-0.3, -0.25) is 14.9 Å². The lowest BCUT2D eigenvalue weighted by molar-refractivity contribution is 0.256. The summed E-state index contributed by atoms with van der Waals surface area (Å²) in [6.45, 7) is 1.17. The number of benzene rings is 6. The van der Waals surface area contributed by atoms with Gasteiger partial charge in [-0.2, -0.15) is 0 Å². The summed E-state index contributed by atoms with van der Waals surface area (Å²) in [4.78, 5) is 23.1. The summed E-state index contributed by atoms with van der Waals surface area (Å²) in [7, 11) is 6.39. The van der Waals surface area contributed by atoms with Crippen molar-refractivity contribution in [2.24, 2.45) is 0 Å². The lowest BCUT2D eigenvalue weighted by Crippen LogP contribution is -2.38. The van der Waals surface area contributed by atoms with Crippen molar-refractivity contribution in [1.82, 2.24) is 9.97 Å². The van der Waals surface area contributed by atoms with Crippen LogP contribution in [-0.4, -0.2) is 44.4 Å². The van der Waals surface area contributed by atoms with Gasteiger partial charge in [0, 0.05) is 64.6 Å². The zero-order chi connectivity index (χ0) is 43.0. The van der Waals surface area contributed by atoms with E-state index in [2.05, 4.69) is 20.6 Å². The third-order valence-electron chi connectivity index (χ3n) is 10.2. The van der Waals surface area contributed by atoms with Crippen LogP contribution in [0.2, 0.25) is 0 Å². The summed E-state index contributed by atoms with van der Waals surface area (Å²) in [6.07, 6.45) is 3.40. The Kier molecular flexibility index (Phi) is 12.0. The van der Waals surface area contributed by atoms with Crippen molar-refractivity contribution < 1.29 is 33.2 Å². The molecule has 62 heavy (non-hydrogen) atoms. The first-order valence-corrected chi connectivity index (χ1v) is 19.6. The van der Waals surface area contributed by atoms with Crippen LogP contribution in [0, 0.1) is 0 Å². The van der Waals surface area contributed by atoms with Crippen molar-refractivity contribution in [2.45, 2.75) is 13.1 Å². The van der Waals surface area contributed by atoms with E-state index in [1.807, 2.05) is 127 Å². The molecule has 0 fully saturated rings. The van der Waals surface area contributed by atoms with Gasteiger partial charge in [0.05, 0.1) is 46.0 Å². The summed E-state index contributed by atoms with van der Waals surface area (Å²) in [5.74, 6) is 5.18. The second-order valence-corrected chi connectivity index (χ2v) is 14.0. The van der Waals surface area contributed by atoms with Crippen LogP contribution in [0.4, 0.5) is 27.5 Å². The number of pyridine rings is 2. The minimum Gasteiger partial charge on any atom is -0.493 e. The maximum absolute atomic E-state index is 12.5. The summed E-state index contributed by atoms with van der Waals surface area (Å²) in [6, 6.07) is 41.7. The number of urea groups is 1. The van der Waals surface area contributed by atoms with Crippen molar-refractivity contribution in [3.63, 3.8) is 0 Å². The molecule has 1 aliphatic rings. The molecule has 0 aliphatic carbocycles. The maximum Gasteiger partial charge on any atom is 0.326 e. The highest BCUT2D eigenvalue weighted by Crippen LogP contribution is 2.39. The van der Waals surface area contributed by atoms with E-state index in [4.69, 9.17) is 34.2 Å². The van der Waals surface area contributed by atoms with Crippen LogP contribution in [0.25, 0.3) is 21.8 Å². The topological polar surface area (TPSA) is 152 Å². The molecule has 0 bridgehead atoms. The molecule has 312 valence electrons. The highest BCUT2D eigenvalue weighted by molar-refractivity contribution is 6.04. The van der Waals surface area contributed by atoms with Gasteiger partial charge in [-0.1, -0.05) is 36.4 Å². The zero-order valence-electron chi connectivity index (χ0n) is 34.5. The van der Waals surface area contributed by atoms with Crippen LogP contribution in [0.1, 0.15) is 11.1 Å². The number of nitrogens with zero attached hydrogens (tertiary/aromatic N) is 3. The fourth-order valence-electron chi connectivity index (χ4n) is 6.97. The number of fused-ring (bicyclic) bond motifs is 3. The number of amides is 2. The first kappa shape index (κ1) is 40.6. The van der Waals surface area contributed by atoms with Crippen LogP contribution in [0.3, 0.4) is 0 Å². The Balaban J connectivity index is 0.000000171. The van der Waals surface area contributed by atoms with Gasteiger partial charge in [-0.25, -0.2) is 4.79 Å². The molecule has 0 atom stereocenters. The number of nitrogens with one attached hydrogen (secondary N) is 2. The number of aromatic nitrogens is 2. The highest BCUT2D eigenvalue weighted by atomic mass is 16.5. The number of nitrogens with two attached hydrogens (primary N) is 1. The van der Waals surface area contributed by atoms with Gasteiger partial charge in [-0.15, -0.1) is 0 Å². The molecule has 9 rings (SSSR count). The third kappa shape index (κ3) is 8.87. The van der Waals surface area contributed by atoms with Gasteiger partial charge >= 0.3 is 6.03 Å². The summed E-state index contributed by atoms with van der Waals surface area (Å²) in [5.41, 5.74) is 13.0. The number of methoxy groups -OCH3 is 4. The number of rotatable bonds is 12. The highest BCUT2D eigenvalue weighted by Gasteiger charge is 2.23. The van der Waals surface area contributed by atoms with E-state index in [0.717, 1.165) is 61.4 Å². The fourth-order valence-corrected chi connectivity index (χ4v) is 6.97. The Morgan fingerprint density at radius 3 is 1.69 bits per heavy atom. The molecular formula is C49H44N6O7. The average Bonchev–Trinajstić information content (AvgIpc) is 3.31. The SMILES string of the molecule is COc1cc2nccc(Oc3ccc(N4Cc5ccccc5NC4=O)cc3)c2cc1OC.COc1cc2nccc(Oc3ccc(NCc4ccccc4N)cc3)c2cc1OC. The second-order valence-electron chi connectivity index (χ2n) is 14.0. The molecule has 4 N–H and O–H groups in total. The number of anilines is 4. The Morgan fingerprint density at radius 1 is 0.613 bits per heavy atom. The lowest BCUT2D eigenvalue weighted by atomic mass is 10.1. The Labute approximate surface area is 358 Å². The van der Waals surface area contributed by atoms with E-state index in [1.165, 1.54) is 0 Å². The minimum absolute atomic E-state index is 0.154. The fraction of sp³-hybridized carbons (Fsp3) is 0.122. The summed E-state index contributed by atoms with van der Waals surface area (Å²) < 4.78 is 33.8. The number of nitrogen functional groups attached to an aromatic ring is 1. The molecule has 0 saturated heterocycles. The number of para-hydroxylation sites is 2. The molecule has 6 aromatic carbocycles. The van der Waals surface area contributed by atoms with Gasteiger partial charge in [-0.05, 0) is 96.1 Å². The Hall–Kier alpha value is -8.19. The van der Waals surface area contributed by atoms with Gasteiger partial charge in [0.25, 0.3) is 0 Å². The number of carbonyl (C=O) groups excluding carboxylic acids is 1. The van der Waals surface area contributed by atoms with Crippen LogP contribution in [-0.2, 0) is 13.1 Å². The van der Waals surface area contributed by atoms with Crippen LogP contribution >= 0.6 is 0 Å². The largest absolute Gasteiger partial charge is 0.493 e. The molecule has 8 aromatic rings. The first-order chi connectivity index (χ1) is 30.3. The number of hydrogen-bond donors (Lipinski definition) is 3.